The van der Waals surface area contributed by atoms with E-state index in [-0.39, 0.29) is 16.2 Å². The number of fused-ring (bicyclic) bond motifs is 7. The summed E-state index contributed by atoms with van der Waals surface area (Å²) in [6.07, 6.45) is 10.9. The molecule has 12 rings (SSSR count). The fraction of sp³-hybridized carbons (Fsp3) is 0.388. The Bertz CT molecular complexity index is 2390. The monoisotopic (exact) mass is 667 g/mol. The molecule has 1 aromatic heterocycles. The van der Waals surface area contributed by atoms with Gasteiger partial charge >= 0.3 is 0 Å². The Morgan fingerprint density at radius 3 is 2.14 bits per heavy atom. The summed E-state index contributed by atoms with van der Waals surface area (Å²) < 4.78 is 6.56. The summed E-state index contributed by atoms with van der Waals surface area (Å²) >= 11 is 0. The molecule has 2 nitrogen and oxygen atoms in total. The SMILES string of the molecule is CC1(C)CCC(C)(C)c2cc(N(c3ccc4c(c3)oc3ccccc34)c3cccc4c3-c3ccccc3C43C4CCC(CC5CC3C5)C4)ccc21. The number of rotatable bonds is 3. The van der Waals surface area contributed by atoms with E-state index in [9.17, 15) is 0 Å². The van der Waals surface area contributed by atoms with E-state index in [0.29, 0.717) is 0 Å². The van der Waals surface area contributed by atoms with Crippen LogP contribution in [0.4, 0.5) is 17.1 Å². The third-order valence-corrected chi connectivity index (χ3v) is 14.8. The van der Waals surface area contributed by atoms with Crippen molar-refractivity contribution < 1.29 is 4.42 Å². The summed E-state index contributed by atoms with van der Waals surface area (Å²) in [7, 11) is 0. The Morgan fingerprint density at radius 1 is 0.549 bits per heavy atom. The van der Waals surface area contributed by atoms with Gasteiger partial charge in [0.2, 0.25) is 0 Å². The Kier molecular flexibility index (Phi) is 6.19. The molecule has 3 unspecified atom stereocenters. The maximum atomic E-state index is 6.56. The lowest BCUT2D eigenvalue weighted by molar-refractivity contribution is 0.0484. The molecule has 6 aliphatic carbocycles. The Balaban J connectivity index is 1.18. The minimum absolute atomic E-state index is 0.114. The van der Waals surface area contributed by atoms with E-state index in [4.69, 9.17) is 4.42 Å². The lowest BCUT2D eigenvalue weighted by Gasteiger charge is -2.54. The maximum Gasteiger partial charge on any atom is 0.137 e. The highest BCUT2D eigenvalue weighted by atomic mass is 16.3. The van der Waals surface area contributed by atoms with Crippen LogP contribution in [0, 0.1) is 23.7 Å². The first kappa shape index (κ1) is 30.3. The minimum Gasteiger partial charge on any atom is -0.456 e. The Morgan fingerprint density at radius 2 is 1.25 bits per heavy atom. The van der Waals surface area contributed by atoms with Gasteiger partial charge < -0.3 is 9.32 Å². The van der Waals surface area contributed by atoms with Crippen LogP contribution in [0.1, 0.15) is 101 Å². The van der Waals surface area contributed by atoms with Gasteiger partial charge in [0.1, 0.15) is 11.2 Å². The average molecular weight is 668 g/mol. The molecule has 6 aromatic rings. The second-order valence-electron chi connectivity index (χ2n) is 18.4. The summed E-state index contributed by atoms with van der Waals surface area (Å²) in [5.74, 6) is 3.29. The van der Waals surface area contributed by atoms with Crippen molar-refractivity contribution in [3.8, 4) is 11.1 Å². The van der Waals surface area contributed by atoms with Gasteiger partial charge in [0.05, 0.1) is 5.69 Å². The molecule has 0 amide bonds. The molecule has 4 saturated carbocycles. The topological polar surface area (TPSA) is 16.4 Å². The van der Waals surface area contributed by atoms with E-state index >= 15 is 0 Å². The van der Waals surface area contributed by atoms with E-state index in [1.54, 1.807) is 11.1 Å². The van der Waals surface area contributed by atoms with E-state index in [2.05, 4.69) is 136 Å². The smallest absolute Gasteiger partial charge is 0.137 e. The molecular weight excluding hydrogens is 619 g/mol. The van der Waals surface area contributed by atoms with Crippen LogP contribution >= 0.6 is 0 Å². The highest BCUT2D eigenvalue weighted by Crippen LogP contribution is 2.69. The molecule has 3 atom stereocenters. The molecule has 0 N–H and O–H groups in total. The highest BCUT2D eigenvalue weighted by Gasteiger charge is 2.60. The van der Waals surface area contributed by atoms with E-state index in [0.717, 1.165) is 40.5 Å². The van der Waals surface area contributed by atoms with Gasteiger partial charge in [-0.05, 0) is 144 Å². The van der Waals surface area contributed by atoms with Gasteiger partial charge in [0.15, 0.2) is 0 Å². The van der Waals surface area contributed by atoms with Crippen LogP contribution in [0.2, 0.25) is 0 Å². The number of para-hydroxylation sites is 1. The quantitative estimate of drug-likeness (QED) is 0.187. The molecule has 256 valence electrons. The molecule has 4 bridgehead atoms. The van der Waals surface area contributed by atoms with E-state index in [1.807, 2.05) is 0 Å². The van der Waals surface area contributed by atoms with Crippen LogP contribution in [-0.2, 0) is 16.2 Å². The third kappa shape index (κ3) is 4.11. The summed E-state index contributed by atoms with van der Waals surface area (Å²) in [4.78, 5) is 2.59. The zero-order valence-electron chi connectivity index (χ0n) is 30.6. The summed E-state index contributed by atoms with van der Waals surface area (Å²) in [6, 6.07) is 39.7. The van der Waals surface area contributed by atoms with Crippen LogP contribution in [-0.4, -0.2) is 0 Å². The van der Waals surface area contributed by atoms with Crippen LogP contribution in [0.3, 0.4) is 0 Å². The molecule has 1 heterocycles. The number of anilines is 3. The lowest BCUT2D eigenvalue weighted by Crippen LogP contribution is -2.48. The van der Waals surface area contributed by atoms with Gasteiger partial charge in [-0.25, -0.2) is 0 Å². The van der Waals surface area contributed by atoms with Crippen LogP contribution in [0.5, 0.6) is 0 Å². The van der Waals surface area contributed by atoms with Crippen LogP contribution < -0.4 is 4.90 Å². The molecular formula is C49H49NO. The van der Waals surface area contributed by atoms with E-state index < -0.39 is 0 Å². The Hall–Kier alpha value is -4.30. The zero-order chi connectivity index (χ0) is 34.3. The van der Waals surface area contributed by atoms with Crippen molar-refractivity contribution in [2.24, 2.45) is 23.7 Å². The normalized spacial score (nSPS) is 27.8. The second-order valence-corrected chi connectivity index (χ2v) is 18.4. The van der Waals surface area contributed by atoms with Crippen molar-refractivity contribution in [3.05, 3.63) is 125 Å². The van der Waals surface area contributed by atoms with Gasteiger partial charge in [0.25, 0.3) is 0 Å². The van der Waals surface area contributed by atoms with Gasteiger partial charge in [-0.15, -0.1) is 0 Å². The largest absolute Gasteiger partial charge is 0.456 e. The first-order chi connectivity index (χ1) is 24.7. The summed E-state index contributed by atoms with van der Waals surface area (Å²) in [6.45, 7) is 9.76. The second kappa shape index (κ2) is 10.4. The molecule has 0 radical (unpaired) electrons. The lowest BCUT2D eigenvalue weighted by atomic mass is 9.50. The third-order valence-electron chi connectivity index (χ3n) is 14.8. The van der Waals surface area contributed by atoms with Crippen molar-refractivity contribution in [2.45, 2.75) is 95.3 Å². The first-order valence-corrected chi connectivity index (χ1v) is 19.8. The van der Waals surface area contributed by atoms with Gasteiger partial charge in [-0.2, -0.15) is 0 Å². The van der Waals surface area contributed by atoms with Crippen molar-refractivity contribution in [2.75, 3.05) is 4.90 Å². The number of hydrogen-bond donors (Lipinski definition) is 0. The van der Waals surface area contributed by atoms with Crippen molar-refractivity contribution in [3.63, 3.8) is 0 Å². The minimum atomic E-state index is 0.114. The summed E-state index contributed by atoms with van der Waals surface area (Å²) in [5, 5.41) is 2.35. The molecule has 1 spiro atoms. The molecule has 0 aliphatic heterocycles. The zero-order valence-corrected chi connectivity index (χ0v) is 30.6. The van der Waals surface area contributed by atoms with Crippen LogP contribution in [0.25, 0.3) is 33.1 Å². The molecule has 5 aromatic carbocycles. The van der Waals surface area contributed by atoms with Gasteiger partial charge in [-0.3, -0.25) is 0 Å². The first-order valence-electron chi connectivity index (χ1n) is 19.8. The molecule has 51 heavy (non-hydrogen) atoms. The maximum absolute atomic E-state index is 6.56. The fourth-order valence-corrected chi connectivity index (χ4v) is 12.2. The van der Waals surface area contributed by atoms with Gasteiger partial charge in [-0.1, -0.05) is 94.8 Å². The summed E-state index contributed by atoms with van der Waals surface area (Å²) in [5.41, 5.74) is 15.1. The van der Waals surface area contributed by atoms with Crippen molar-refractivity contribution >= 4 is 39.0 Å². The van der Waals surface area contributed by atoms with Crippen molar-refractivity contribution in [1.82, 2.24) is 0 Å². The predicted octanol–water partition coefficient (Wildman–Crippen LogP) is 13.5. The number of nitrogens with zero attached hydrogens (tertiary/aromatic N) is 1. The molecule has 4 fully saturated rings. The van der Waals surface area contributed by atoms with Gasteiger partial charge in [0, 0.05) is 39.2 Å². The Labute approximate surface area is 302 Å². The fourth-order valence-electron chi connectivity index (χ4n) is 12.2. The number of furan rings is 1. The molecule has 0 saturated heterocycles. The average Bonchev–Trinajstić information content (AvgIpc) is 3.83. The highest BCUT2D eigenvalue weighted by molar-refractivity contribution is 6.06. The van der Waals surface area contributed by atoms with Crippen LogP contribution in [0.15, 0.2) is 108 Å². The molecule has 2 heteroatoms. The van der Waals surface area contributed by atoms with E-state index in [1.165, 1.54) is 95.8 Å². The molecule has 6 aliphatic rings. The predicted molar refractivity (Wildman–Crippen MR) is 212 cm³/mol. The number of hydrogen-bond acceptors (Lipinski definition) is 2. The van der Waals surface area contributed by atoms with Crippen molar-refractivity contribution in [1.29, 1.82) is 0 Å². The number of benzene rings is 5. The standard InChI is InChI=1S/C49H49NO/c1-47(2)22-23-48(3,4)42-28-34(19-21-40(42)47)50(35-18-20-37-36-10-6-8-15-44(36)51-45(37)29-35)43-14-9-13-41-46(43)38-11-5-7-12-39(38)49(41)32-17-16-30(25-32)24-31-26-33(49)27-31/h5-15,18-21,28-33H,16-17,22-27H2,1-4H3.